The zero-order valence-electron chi connectivity index (χ0n) is 20.8. The fourth-order valence-electron chi connectivity index (χ4n) is 7.56. The van der Waals surface area contributed by atoms with Crippen LogP contribution in [-0.4, -0.2) is 6.61 Å². The Hall–Kier alpha value is -1.12. The van der Waals surface area contributed by atoms with Crippen molar-refractivity contribution in [3.05, 3.63) is 29.8 Å². The molecule has 186 valence electrons. The van der Waals surface area contributed by atoms with E-state index in [-0.39, 0.29) is 5.75 Å². The first-order valence-corrected chi connectivity index (χ1v) is 14.2. The quantitative estimate of drug-likeness (QED) is 0.316. The fourth-order valence-corrected chi connectivity index (χ4v) is 7.56. The van der Waals surface area contributed by atoms with E-state index >= 15 is 0 Å². The van der Waals surface area contributed by atoms with E-state index in [0.29, 0.717) is 5.92 Å². The number of halogens is 2. The molecule has 0 radical (unpaired) electrons. The highest BCUT2D eigenvalue weighted by Gasteiger charge is 2.39. The number of rotatable bonds is 10. The van der Waals surface area contributed by atoms with Gasteiger partial charge in [0, 0.05) is 0 Å². The Morgan fingerprint density at radius 2 is 1.33 bits per heavy atom. The molecule has 3 fully saturated rings. The van der Waals surface area contributed by atoms with E-state index in [4.69, 9.17) is 0 Å². The Morgan fingerprint density at radius 3 is 2.03 bits per heavy atom. The molecule has 0 amide bonds. The van der Waals surface area contributed by atoms with Crippen LogP contribution >= 0.6 is 0 Å². The van der Waals surface area contributed by atoms with Gasteiger partial charge in [-0.15, -0.1) is 0 Å². The van der Waals surface area contributed by atoms with Gasteiger partial charge in [-0.25, -0.2) is 0 Å². The molecule has 1 aromatic carbocycles. The van der Waals surface area contributed by atoms with Crippen molar-refractivity contribution in [3.63, 3.8) is 0 Å². The van der Waals surface area contributed by atoms with Crippen molar-refractivity contribution in [2.45, 2.75) is 122 Å². The van der Waals surface area contributed by atoms with Gasteiger partial charge in [0.1, 0.15) is 5.75 Å². The molecule has 4 unspecified atom stereocenters. The van der Waals surface area contributed by atoms with E-state index in [2.05, 4.69) is 11.7 Å². The van der Waals surface area contributed by atoms with Crippen LogP contribution in [0, 0.1) is 29.6 Å². The number of fused-ring (bicyclic) bond motifs is 1. The van der Waals surface area contributed by atoms with Crippen LogP contribution in [-0.2, 0) is 0 Å². The van der Waals surface area contributed by atoms with Crippen molar-refractivity contribution < 1.29 is 13.5 Å². The van der Waals surface area contributed by atoms with E-state index in [1.165, 1.54) is 108 Å². The third-order valence-corrected chi connectivity index (χ3v) is 9.50. The second-order valence-electron chi connectivity index (χ2n) is 11.5. The molecule has 3 aliphatic carbocycles. The third-order valence-electron chi connectivity index (χ3n) is 9.50. The van der Waals surface area contributed by atoms with Crippen molar-refractivity contribution in [3.8, 4) is 5.75 Å². The monoisotopic (exact) mass is 460 g/mol. The molecule has 3 aliphatic rings. The third kappa shape index (κ3) is 7.18. The average Bonchev–Trinajstić information content (AvgIpc) is 2.84. The summed E-state index contributed by atoms with van der Waals surface area (Å²) in [5, 5.41) is 0. The lowest BCUT2D eigenvalue weighted by molar-refractivity contribution is -0.0498. The summed E-state index contributed by atoms with van der Waals surface area (Å²) < 4.78 is 29.3. The first-order valence-electron chi connectivity index (χ1n) is 14.2. The van der Waals surface area contributed by atoms with Crippen molar-refractivity contribution in [2.75, 3.05) is 0 Å². The van der Waals surface area contributed by atoms with Gasteiger partial charge in [-0.05, 0) is 105 Å². The molecule has 0 aromatic heterocycles. The largest absolute Gasteiger partial charge is 0.435 e. The number of hydrogen-bond donors (Lipinski definition) is 0. The molecule has 0 spiro atoms. The summed E-state index contributed by atoms with van der Waals surface area (Å²) in [6, 6.07) is 7.45. The minimum atomic E-state index is -2.74. The first kappa shape index (κ1) is 25.0. The molecule has 4 rings (SSSR count). The van der Waals surface area contributed by atoms with Crippen LogP contribution in [0.3, 0.4) is 0 Å². The zero-order valence-corrected chi connectivity index (χ0v) is 20.8. The summed E-state index contributed by atoms with van der Waals surface area (Å²) in [5.74, 6) is 5.67. The van der Waals surface area contributed by atoms with Gasteiger partial charge in [0.2, 0.25) is 0 Å². The zero-order chi connectivity index (χ0) is 23.0. The van der Waals surface area contributed by atoms with Crippen LogP contribution in [0.2, 0.25) is 0 Å². The van der Waals surface area contributed by atoms with Crippen LogP contribution in [0.1, 0.15) is 121 Å². The summed E-state index contributed by atoms with van der Waals surface area (Å²) in [5.41, 5.74) is 1.31. The summed E-state index contributed by atoms with van der Waals surface area (Å²) in [4.78, 5) is 0. The van der Waals surface area contributed by atoms with Crippen LogP contribution in [0.25, 0.3) is 0 Å². The number of ether oxygens (including phenoxy) is 1. The topological polar surface area (TPSA) is 9.23 Å². The van der Waals surface area contributed by atoms with Crippen molar-refractivity contribution in [2.24, 2.45) is 29.6 Å². The number of alkyl halides is 2. The van der Waals surface area contributed by atoms with Crippen LogP contribution in [0.15, 0.2) is 24.3 Å². The molecule has 4 atom stereocenters. The van der Waals surface area contributed by atoms with Gasteiger partial charge in [-0.2, -0.15) is 8.78 Å². The van der Waals surface area contributed by atoms with Gasteiger partial charge in [0.05, 0.1) is 0 Å². The molecule has 0 aliphatic heterocycles. The normalized spacial score (nSPS) is 32.5. The Bertz CT molecular complexity index is 679. The summed E-state index contributed by atoms with van der Waals surface area (Å²) in [6.45, 7) is -0.442. The standard InChI is InChI=1S/C30H46F2O/c1-2-3-4-5-6-7-22-8-10-23(11-9-22)25-12-14-28-21-26(13-15-27(28)20-25)24-16-18-29(19-17-24)33-30(31)32/h16-19,22-23,25-28,30H,2-15,20-21H2,1H3. The van der Waals surface area contributed by atoms with E-state index in [1.807, 2.05) is 12.1 Å². The molecule has 33 heavy (non-hydrogen) atoms. The van der Waals surface area contributed by atoms with Gasteiger partial charge < -0.3 is 4.74 Å². The molecule has 3 saturated carbocycles. The summed E-state index contributed by atoms with van der Waals surface area (Å²) >= 11 is 0. The van der Waals surface area contributed by atoms with Gasteiger partial charge in [0.25, 0.3) is 0 Å². The molecule has 0 bridgehead atoms. The van der Waals surface area contributed by atoms with Gasteiger partial charge in [0.15, 0.2) is 0 Å². The molecule has 0 N–H and O–H groups in total. The van der Waals surface area contributed by atoms with Crippen LogP contribution < -0.4 is 4.74 Å². The highest BCUT2D eigenvalue weighted by Crippen LogP contribution is 2.51. The maximum absolute atomic E-state index is 12.4. The van der Waals surface area contributed by atoms with E-state index in [1.54, 1.807) is 12.1 Å². The predicted molar refractivity (Wildman–Crippen MR) is 133 cm³/mol. The molecule has 0 saturated heterocycles. The second kappa shape index (κ2) is 12.5. The Kier molecular flexibility index (Phi) is 9.50. The minimum absolute atomic E-state index is 0.272. The Balaban J connectivity index is 1.18. The predicted octanol–water partition coefficient (Wildman–Crippen LogP) is 9.75. The van der Waals surface area contributed by atoms with E-state index in [9.17, 15) is 8.78 Å². The summed E-state index contributed by atoms with van der Waals surface area (Å²) in [7, 11) is 0. The minimum Gasteiger partial charge on any atom is -0.435 e. The number of hydrogen-bond acceptors (Lipinski definition) is 1. The first-order chi connectivity index (χ1) is 16.1. The smallest absolute Gasteiger partial charge is 0.387 e. The van der Waals surface area contributed by atoms with E-state index in [0.717, 1.165) is 29.6 Å². The van der Waals surface area contributed by atoms with Crippen LogP contribution in [0.5, 0.6) is 5.75 Å². The molecule has 3 heteroatoms. The summed E-state index contributed by atoms with van der Waals surface area (Å²) in [6.07, 6.45) is 22.8. The molecule has 1 nitrogen and oxygen atoms in total. The highest BCUT2D eigenvalue weighted by atomic mass is 19.3. The van der Waals surface area contributed by atoms with Gasteiger partial charge >= 0.3 is 6.61 Å². The van der Waals surface area contributed by atoms with Crippen molar-refractivity contribution in [1.82, 2.24) is 0 Å². The maximum Gasteiger partial charge on any atom is 0.387 e. The molecule has 0 heterocycles. The van der Waals surface area contributed by atoms with E-state index < -0.39 is 6.61 Å². The SMILES string of the molecule is CCCCCCCC1CCC(C2CCC3CC(c4ccc(OC(F)F)cc4)CCC3C2)CC1. The lowest BCUT2D eigenvalue weighted by Gasteiger charge is -2.45. The molecule has 1 aromatic rings. The average molecular weight is 461 g/mol. The van der Waals surface area contributed by atoms with Crippen molar-refractivity contribution >= 4 is 0 Å². The van der Waals surface area contributed by atoms with Gasteiger partial charge in [-0.1, -0.05) is 70.4 Å². The fraction of sp³-hybridized carbons (Fsp3) is 0.800. The van der Waals surface area contributed by atoms with Gasteiger partial charge in [-0.3, -0.25) is 0 Å². The lowest BCUT2D eigenvalue weighted by atomic mass is 9.60. The number of unbranched alkanes of at least 4 members (excludes halogenated alkanes) is 4. The molecular formula is C30H46F2O. The van der Waals surface area contributed by atoms with Crippen molar-refractivity contribution in [1.29, 1.82) is 0 Å². The highest BCUT2D eigenvalue weighted by molar-refractivity contribution is 5.30. The number of benzene rings is 1. The maximum atomic E-state index is 12.4. The lowest BCUT2D eigenvalue weighted by Crippen LogP contribution is -2.34. The molecular weight excluding hydrogens is 414 g/mol. The Morgan fingerprint density at radius 1 is 0.727 bits per heavy atom. The second-order valence-corrected chi connectivity index (χ2v) is 11.5. The Labute approximate surface area is 201 Å². The van der Waals surface area contributed by atoms with Crippen LogP contribution in [0.4, 0.5) is 8.78 Å².